The molecule has 210 valence electrons. The molecule has 4 rings (SSSR count). The zero-order valence-electron chi connectivity index (χ0n) is 20.5. The van der Waals surface area contributed by atoms with Crippen LogP contribution < -0.4 is 15.7 Å². The van der Waals surface area contributed by atoms with Crippen molar-refractivity contribution in [2.45, 2.75) is 75.2 Å². The second-order valence-electron chi connectivity index (χ2n) is 9.26. The second kappa shape index (κ2) is 11.6. The fourth-order valence-electron chi connectivity index (χ4n) is 4.57. The standard InChI is InChI=1S/C24H31NO13/c1-9-5-16(29)35-13-6-11(3-4-12(9)13)34-23-17(25-10(2)28)22(19(31)15(8-27)36-23)38-24-21(33)20(32)18(30)14(7-26)37-24/h3-6,14-15,17-24,26-27,30-33H,7-8H2,1-2H3,(H,25,28)/t14-,15-,17?,18+,19+,20+,21-,22-,23+,24?/m1/s1. The Hall–Kier alpha value is -2.66. The van der Waals surface area contributed by atoms with Gasteiger partial charge >= 0.3 is 5.63 Å². The van der Waals surface area contributed by atoms with Crippen LogP contribution in [-0.2, 0) is 19.0 Å². The summed E-state index contributed by atoms with van der Waals surface area (Å²) in [5, 5.41) is 64.0. The molecule has 0 saturated carbocycles. The van der Waals surface area contributed by atoms with Crippen LogP contribution in [-0.4, -0.2) is 111 Å². The van der Waals surface area contributed by atoms with Gasteiger partial charge in [-0.25, -0.2) is 4.79 Å². The monoisotopic (exact) mass is 541 g/mol. The second-order valence-corrected chi connectivity index (χ2v) is 9.26. The first-order valence-electron chi connectivity index (χ1n) is 11.9. The van der Waals surface area contributed by atoms with Crippen LogP contribution in [0.25, 0.3) is 11.0 Å². The van der Waals surface area contributed by atoms with Crippen molar-refractivity contribution in [1.82, 2.24) is 5.32 Å². The van der Waals surface area contributed by atoms with E-state index in [1.807, 2.05) is 0 Å². The van der Waals surface area contributed by atoms with Crippen LogP contribution in [0.5, 0.6) is 5.75 Å². The fraction of sp³-hybridized carbons (Fsp3) is 0.583. The molecule has 1 amide bonds. The van der Waals surface area contributed by atoms with Gasteiger partial charge in [0, 0.05) is 24.4 Å². The van der Waals surface area contributed by atoms with Crippen molar-refractivity contribution < 1.29 is 58.8 Å². The van der Waals surface area contributed by atoms with Gasteiger partial charge in [0.25, 0.3) is 0 Å². The Labute approximate surface area is 215 Å². The summed E-state index contributed by atoms with van der Waals surface area (Å²) in [5.74, 6) is -0.407. The number of hydrogen-bond donors (Lipinski definition) is 7. The Bertz CT molecular complexity index is 1190. The summed E-state index contributed by atoms with van der Waals surface area (Å²) in [6.07, 6.45) is -13.8. The van der Waals surface area contributed by atoms with Crippen molar-refractivity contribution in [3.05, 3.63) is 40.2 Å². The van der Waals surface area contributed by atoms with Gasteiger partial charge in [-0.05, 0) is 24.6 Å². The smallest absolute Gasteiger partial charge is 0.336 e. The van der Waals surface area contributed by atoms with E-state index in [1.54, 1.807) is 19.1 Å². The molecule has 0 spiro atoms. The minimum atomic E-state index is -1.79. The summed E-state index contributed by atoms with van der Waals surface area (Å²) in [6.45, 7) is 1.54. The highest BCUT2D eigenvalue weighted by molar-refractivity contribution is 5.81. The third-order valence-corrected chi connectivity index (χ3v) is 6.54. The molecule has 14 nitrogen and oxygen atoms in total. The van der Waals surface area contributed by atoms with Gasteiger partial charge in [-0.1, -0.05) is 0 Å². The molecular weight excluding hydrogens is 510 g/mol. The van der Waals surface area contributed by atoms with E-state index in [4.69, 9.17) is 23.4 Å². The average molecular weight is 542 g/mol. The van der Waals surface area contributed by atoms with Gasteiger partial charge in [-0.3, -0.25) is 4.79 Å². The van der Waals surface area contributed by atoms with E-state index in [0.717, 1.165) is 0 Å². The van der Waals surface area contributed by atoms with E-state index >= 15 is 0 Å². The maximum atomic E-state index is 12.1. The number of carbonyl (C=O) groups is 1. The number of benzene rings is 1. The van der Waals surface area contributed by atoms with Crippen molar-refractivity contribution in [2.24, 2.45) is 0 Å². The molecule has 2 aromatic rings. The van der Waals surface area contributed by atoms with Crippen molar-refractivity contribution in [3.8, 4) is 5.75 Å². The Morgan fingerprint density at radius 1 is 0.947 bits per heavy atom. The highest BCUT2D eigenvalue weighted by atomic mass is 16.7. The van der Waals surface area contributed by atoms with Gasteiger partial charge in [0.1, 0.15) is 60.1 Å². The molecule has 2 fully saturated rings. The lowest BCUT2D eigenvalue weighted by molar-refractivity contribution is -0.339. The van der Waals surface area contributed by atoms with Crippen LogP contribution in [0, 0.1) is 6.92 Å². The topological polar surface area (TPSA) is 218 Å². The number of amides is 1. The first-order valence-corrected chi connectivity index (χ1v) is 11.9. The van der Waals surface area contributed by atoms with Gasteiger partial charge in [0.05, 0.1) is 13.2 Å². The van der Waals surface area contributed by atoms with E-state index in [9.17, 15) is 40.2 Å². The SMILES string of the molecule is CC(=O)NC1[C@@H](Oc2ccc3c(C)cc(=O)oc3c2)O[C@H](CO)[C@H](O)[C@@H]1OC1O[C@H](CO)[C@H](O)[C@H](O)[C@H]1O. The number of aryl methyl sites for hydroxylation is 1. The minimum Gasteiger partial charge on any atom is -0.462 e. The van der Waals surface area contributed by atoms with E-state index in [-0.39, 0.29) is 11.3 Å². The van der Waals surface area contributed by atoms with Gasteiger partial charge in [-0.15, -0.1) is 0 Å². The van der Waals surface area contributed by atoms with Crippen molar-refractivity contribution >= 4 is 16.9 Å². The summed E-state index contributed by atoms with van der Waals surface area (Å²) in [4.78, 5) is 23.9. The highest BCUT2D eigenvalue weighted by Crippen LogP contribution is 2.31. The molecule has 0 radical (unpaired) electrons. The van der Waals surface area contributed by atoms with Gasteiger partial charge in [-0.2, -0.15) is 0 Å². The average Bonchev–Trinajstić information content (AvgIpc) is 2.87. The summed E-state index contributed by atoms with van der Waals surface area (Å²) in [7, 11) is 0. The number of aliphatic hydroxyl groups is 6. The Kier molecular flexibility index (Phi) is 8.66. The number of fused-ring (bicyclic) bond motifs is 1. The van der Waals surface area contributed by atoms with E-state index in [0.29, 0.717) is 10.9 Å². The maximum Gasteiger partial charge on any atom is 0.336 e. The fourth-order valence-corrected chi connectivity index (χ4v) is 4.57. The summed E-state index contributed by atoms with van der Waals surface area (Å²) in [6, 6.07) is 4.74. The zero-order valence-corrected chi connectivity index (χ0v) is 20.5. The number of rotatable bonds is 7. The molecule has 38 heavy (non-hydrogen) atoms. The minimum absolute atomic E-state index is 0.159. The van der Waals surface area contributed by atoms with E-state index in [1.165, 1.54) is 19.1 Å². The van der Waals surface area contributed by atoms with Gasteiger partial charge in [0.2, 0.25) is 12.2 Å². The molecule has 0 bridgehead atoms. The van der Waals surface area contributed by atoms with E-state index < -0.39 is 86.1 Å². The van der Waals surface area contributed by atoms with Crippen LogP contribution in [0.4, 0.5) is 0 Å². The molecule has 1 aromatic heterocycles. The molecule has 1 aromatic carbocycles. The number of aliphatic hydroxyl groups excluding tert-OH is 6. The van der Waals surface area contributed by atoms with Crippen LogP contribution in [0.3, 0.4) is 0 Å². The van der Waals surface area contributed by atoms with Crippen molar-refractivity contribution in [1.29, 1.82) is 0 Å². The van der Waals surface area contributed by atoms with Gasteiger partial charge in [0.15, 0.2) is 6.29 Å². The molecule has 3 heterocycles. The third-order valence-electron chi connectivity index (χ3n) is 6.54. The lowest BCUT2D eigenvalue weighted by atomic mass is 9.95. The van der Waals surface area contributed by atoms with E-state index in [2.05, 4.69) is 5.32 Å². The maximum absolute atomic E-state index is 12.1. The Balaban J connectivity index is 1.65. The summed E-state index contributed by atoms with van der Waals surface area (Å²) >= 11 is 0. The van der Waals surface area contributed by atoms with Crippen LogP contribution >= 0.6 is 0 Å². The quantitative estimate of drug-likeness (QED) is 0.177. The first kappa shape index (κ1) is 28.4. The number of nitrogens with one attached hydrogen (secondary N) is 1. The predicted octanol–water partition coefficient (Wildman–Crippen LogP) is -2.75. The van der Waals surface area contributed by atoms with Crippen molar-refractivity contribution in [3.63, 3.8) is 0 Å². The molecule has 7 N–H and O–H groups in total. The lowest BCUT2D eigenvalue weighted by Gasteiger charge is -2.47. The summed E-state index contributed by atoms with van der Waals surface area (Å²) in [5.41, 5.74) is 0.352. The molecule has 2 aliphatic heterocycles. The number of hydrogen-bond acceptors (Lipinski definition) is 13. The number of ether oxygens (including phenoxy) is 4. The Morgan fingerprint density at radius 3 is 2.26 bits per heavy atom. The molecular formula is C24H31NO13. The molecule has 10 atom stereocenters. The molecule has 0 aliphatic carbocycles. The molecule has 14 heteroatoms. The Morgan fingerprint density at radius 2 is 1.61 bits per heavy atom. The number of carbonyl (C=O) groups excluding carboxylic acids is 1. The zero-order chi connectivity index (χ0) is 27.7. The highest BCUT2D eigenvalue weighted by Gasteiger charge is 2.52. The molecule has 2 unspecified atom stereocenters. The lowest BCUT2D eigenvalue weighted by Crippen LogP contribution is -2.68. The molecule has 2 aliphatic rings. The summed E-state index contributed by atoms with van der Waals surface area (Å²) < 4.78 is 28.0. The van der Waals surface area contributed by atoms with Crippen LogP contribution in [0.15, 0.2) is 33.5 Å². The normalized spacial score (nSPS) is 35.7. The van der Waals surface area contributed by atoms with Crippen LogP contribution in [0.2, 0.25) is 0 Å². The third kappa shape index (κ3) is 5.68. The predicted molar refractivity (Wildman–Crippen MR) is 126 cm³/mol. The van der Waals surface area contributed by atoms with Crippen molar-refractivity contribution in [2.75, 3.05) is 13.2 Å². The van der Waals surface area contributed by atoms with Gasteiger partial charge < -0.3 is 59.3 Å². The molecule has 2 saturated heterocycles. The van der Waals surface area contributed by atoms with Crippen LogP contribution in [0.1, 0.15) is 12.5 Å². The largest absolute Gasteiger partial charge is 0.462 e. The first-order chi connectivity index (χ1) is 18.0.